The Balaban J connectivity index is 2.38. The van der Waals surface area contributed by atoms with Crippen molar-refractivity contribution < 1.29 is 0 Å². The Hall–Kier alpha value is -1.33. The van der Waals surface area contributed by atoms with Crippen LogP contribution in [0.15, 0.2) is 27.9 Å². The van der Waals surface area contributed by atoms with Gasteiger partial charge in [0.2, 0.25) is 0 Å². The largest absolute Gasteiger partial charge is 0.392 e. The fourth-order valence-electron chi connectivity index (χ4n) is 1.18. The number of nitrogen functional groups attached to an aromatic ring is 1. The predicted molar refractivity (Wildman–Crippen MR) is 61.3 cm³/mol. The molecule has 0 bridgehead atoms. The average molecular weight is 242 g/mol. The maximum atomic E-state index is 11.6. The second-order valence-electron chi connectivity index (χ2n) is 3.01. The fraction of sp³-hybridized carbons (Fsp3) is 0.111. The highest BCUT2D eigenvalue weighted by Crippen LogP contribution is 2.10. The third-order valence-corrected chi connectivity index (χ3v) is 2.99. The minimum atomic E-state index is -0.304. The predicted octanol–water partition coefficient (Wildman–Crippen LogP) is 1.59. The molecule has 0 aliphatic carbocycles. The topological polar surface area (TPSA) is 60.9 Å². The summed E-state index contributed by atoms with van der Waals surface area (Å²) in [6.45, 7) is 0.469. The van der Waals surface area contributed by atoms with E-state index in [1.165, 1.54) is 10.9 Å². The van der Waals surface area contributed by atoms with E-state index in [1.807, 2.05) is 16.8 Å². The third-order valence-electron chi connectivity index (χ3n) is 1.96. The zero-order valence-corrected chi connectivity index (χ0v) is 9.26. The Labute approximate surface area is 94.9 Å². The van der Waals surface area contributed by atoms with Crippen molar-refractivity contribution in [2.45, 2.75) is 6.54 Å². The molecule has 0 aromatic carbocycles. The van der Waals surface area contributed by atoms with E-state index in [9.17, 15) is 4.79 Å². The van der Waals surface area contributed by atoms with Crippen LogP contribution in [0.2, 0.25) is 5.15 Å². The van der Waals surface area contributed by atoms with Gasteiger partial charge in [0, 0.05) is 0 Å². The smallest absolute Gasteiger partial charge is 0.278 e. The number of hydrogen-bond acceptors (Lipinski definition) is 4. The Morgan fingerprint density at radius 3 is 3.07 bits per heavy atom. The maximum Gasteiger partial charge on any atom is 0.278 e. The molecule has 0 spiro atoms. The molecule has 6 heteroatoms. The van der Waals surface area contributed by atoms with Gasteiger partial charge in [0.05, 0.1) is 12.9 Å². The van der Waals surface area contributed by atoms with Gasteiger partial charge in [-0.05, 0) is 22.4 Å². The van der Waals surface area contributed by atoms with Gasteiger partial charge in [-0.15, -0.1) is 0 Å². The van der Waals surface area contributed by atoms with Gasteiger partial charge in [0.25, 0.3) is 5.56 Å². The molecule has 0 radical (unpaired) electrons. The molecule has 2 aromatic rings. The quantitative estimate of drug-likeness (QED) is 0.813. The van der Waals surface area contributed by atoms with Crippen LogP contribution in [-0.2, 0) is 6.54 Å². The molecule has 0 atom stereocenters. The second-order valence-corrected chi connectivity index (χ2v) is 4.15. The number of aromatic nitrogens is 2. The highest BCUT2D eigenvalue weighted by Gasteiger charge is 2.06. The number of hydrogen-bond donors (Lipinski definition) is 1. The highest BCUT2D eigenvalue weighted by molar-refractivity contribution is 7.07. The van der Waals surface area contributed by atoms with Crippen LogP contribution >= 0.6 is 22.9 Å². The monoisotopic (exact) mass is 241 g/mol. The van der Waals surface area contributed by atoms with E-state index in [-0.39, 0.29) is 16.4 Å². The van der Waals surface area contributed by atoms with Crippen LogP contribution in [0.5, 0.6) is 0 Å². The summed E-state index contributed by atoms with van der Waals surface area (Å²) in [7, 11) is 0. The van der Waals surface area contributed by atoms with E-state index < -0.39 is 0 Å². The Bertz CT molecular complexity index is 521. The fourth-order valence-corrected chi connectivity index (χ4v) is 1.96. The van der Waals surface area contributed by atoms with E-state index in [0.29, 0.717) is 6.54 Å². The summed E-state index contributed by atoms with van der Waals surface area (Å²) in [6, 6.07) is 1.95. The van der Waals surface area contributed by atoms with Gasteiger partial charge in [0.15, 0.2) is 5.15 Å². The zero-order chi connectivity index (χ0) is 10.8. The summed E-state index contributed by atoms with van der Waals surface area (Å²) < 4.78 is 1.43. The van der Waals surface area contributed by atoms with Gasteiger partial charge in [-0.25, -0.2) is 4.98 Å². The standard InChI is InChI=1S/C9H8ClN3OS/c10-8-7(11)9(14)13(5-12-8)3-6-1-2-15-4-6/h1-2,4-5H,3,11H2. The lowest BCUT2D eigenvalue weighted by Gasteiger charge is -2.04. The molecule has 0 saturated carbocycles. The minimum Gasteiger partial charge on any atom is -0.392 e. The van der Waals surface area contributed by atoms with Crippen LogP contribution < -0.4 is 11.3 Å². The molecule has 2 N–H and O–H groups in total. The average Bonchev–Trinajstić information content (AvgIpc) is 2.72. The molecule has 0 amide bonds. The second kappa shape index (κ2) is 4.04. The van der Waals surface area contributed by atoms with Gasteiger partial charge in [-0.1, -0.05) is 11.6 Å². The Kier molecular flexibility index (Phi) is 2.75. The van der Waals surface area contributed by atoms with Gasteiger partial charge in [-0.2, -0.15) is 11.3 Å². The van der Waals surface area contributed by atoms with Crippen molar-refractivity contribution in [3.05, 3.63) is 44.2 Å². The van der Waals surface area contributed by atoms with Crippen molar-refractivity contribution in [2.75, 3.05) is 5.73 Å². The molecule has 2 aromatic heterocycles. The summed E-state index contributed by atoms with van der Waals surface area (Å²) in [5.41, 5.74) is 6.22. The van der Waals surface area contributed by atoms with Crippen LogP contribution in [0.4, 0.5) is 5.69 Å². The SMILES string of the molecule is Nc1c(Cl)ncn(Cc2ccsc2)c1=O. The van der Waals surface area contributed by atoms with Crippen LogP contribution in [0.25, 0.3) is 0 Å². The summed E-state index contributed by atoms with van der Waals surface area (Å²) in [5, 5.41) is 3.98. The molecule has 78 valence electrons. The molecule has 0 unspecified atom stereocenters. The van der Waals surface area contributed by atoms with E-state index >= 15 is 0 Å². The molecular weight excluding hydrogens is 234 g/mol. The zero-order valence-electron chi connectivity index (χ0n) is 7.68. The molecule has 4 nitrogen and oxygen atoms in total. The number of nitrogens with zero attached hydrogens (tertiary/aromatic N) is 2. The van der Waals surface area contributed by atoms with Crippen molar-refractivity contribution in [3.63, 3.8) is 0 Å². The lowest BCUT2D eigenvalue weighted by Crippen LogP contribution is -2.23. The van der Waals surface area contributed by atoms with E-state index in [1.54, 1.807) is 11.3 Å². The highest BCUT2D eigenvalue weighted by atomic mass is 35.5. The molecule has 0 saturated heterocycles. The van der Waals surface area contributed by atoms with Crippen molar-refractivity contribution in [1.29, 1.82) is 0 Å². The summed E-state index contributed by atoms with van der Waals surface area (Å²) >= 11 is 7.20. The Morgan fingerprint density at radius 1 is 1.60 bits per heavy atom. The molecule has 0 fully saturated rings. The van der Waals surface area contributed by atoms with E-state index in [4.69, 9.17) is 17.3 Å². The maximum absolute atomic E-state index is 11.6. The molecule has 0 aliphatic rings. The molecule has 2 heterocycles. The number of rotatable bonds is 2. The first-order valence-corrected chi connectivity index (χ1v) is 5.52. The van der Waals surface area contributed by atoms with Crippen molar-refractivity contribution >= 4 is 28.6 Å². The van der Waals surface area contributed by atoms with Crippen molar-refractivity contribution in [3.8, 4) is 0 Å². The van der Waals surface area contributed by atoms with E-state index in [0.717, 1.165) is 5.56 Å². The molecule has 0 aliphatic heterocycles. The van der Waals surface area contributed by atoms with Gasteiger partial charge >= 0.3 is 0 Å². The summed E-state index contributed by atoms with van der Waals surface area (Å²) in [5.74, 6) is 0. The molecular formula is C9H8ClN3OS. The molecule has 2 rings (SSSR count). The molecule has 15 heavy (non-hydrogen) atoms. The third kappa shape index (κ3) is 2.03. The Morgan fingerprint density at radius 2 is 2.40 bits per heavy atom. The first-order valence-electron chi connectivity index (χ1n) is 4.20. The summed E-state index contributed by atoms with van der Waals surface area (Å²) in [4.78, 5) is 15.5. The van der Waals surface area contributed by atoms with Gasteiger partial charge in [0.1, 0.15) is 5.69 Å². The van der Waals surface area contributed by atoms with Crippen LogP contribution in [0.3, 0.4) is 0 Å². The number of anilines is 1. The summed E-state index contributed by atoms with van der Waals surface area (Å²) in [6.07, 6.45) is 1.40. The number of nitrogens with two attached hydrogens (primary N) is 1. The first-order chi connectivity index (χ1) is 7.18. The van der Waals surface area contributed by atoms with E-state index in [2.05, 4.69) is 4.98 Å². The lowest BCUT2D eigenvalue weighted by atomic mass is 10.3. The van der Waals surface area contributed by atoms with Crippen molar-refractivity contribution in [1.82, 2.24) is 9.55 Å². The van der Waals surface area contributed by atoms with Gasteiger partial charge in [-0.3, -0.25) is 9.36 Å². The number of halogens is 1. The first kappa shape index (κ1) is 10.2. The lowest BCUT2D eigenvalue weighted by molar-refractivity contribution is 0.741. The van der Waals surface area contributed by atoms with Crippen molar-refractivity contribution in [2.24, 2.45) is 0 Å². The normalized spacial score (nSPS) is 10.5. The minimum absolute atomic E-state index is 0.00519. The van der Waals surface area contributed by atoms with Crippen LogP contribution in [0.1, 0.15) is 5.56 Å². The van der Waals surface area contributed by atoms with Crippen LogP contribution in [-0.4, -0.2) is 9.55 Å². The van der Waals surface area contributed by atoms with Gasteiger partial charge < -0.3 is 5.73 Å². The van der Waals surface area contributed by atoms with Crippen LogP contribution in [0, 0.1) is 0 Å². The number of thiophene rings is 1.